The highest BCUT2D eigenvalue weighted by molar-refractivity contribution is 6.40. The maximum absolute atomic E-state index is 13.3. The summed E-state index contributed by atoms with van der Waals surface area (Å²) in [5.74, 6) is -3.87. The second kappa shape index (κ2) is 10.1. The van der Waals surface area contributed by atoms with Gasteiger partial charge in [0.05, 0.1) is 21.1 Å². The molecular weight excluding hydrogens is 471 g/mol. The monoisotopic (exact) mass is 490 g/mol. The molecule has 2 aromatic heterocycles. The number of aromatic nitrogens is 2. The zero-order chi connectivity index (χ0) is 24.3. The number of carbonyl (C=O) groups excluding carboxylic acids is 3. The molecule has 0 aliphatic rings. The van der Waals surface area contributed by atoms with Gasteiger partial charge < -0.3 is 15.7 Å². The molecule has 172 valence electrons. The summed E-state index contributed by atoms with van der Waals surface area (Å²) in [7, 11) is 0. The minimum absolute atomic E-state index is 0.0126. The van der Waals surface area contributed by atoms with E-state index in [0.29, 0.717) is 23.3 Å². The molecule has 0 aliphatic heterocycles. The van der Waals surface area contributed by atoms with E-state index in [0.717, 1.165) is 0 Å². The Balaban J connectivity index is 2.00. The molecule has 0 bridgehead atoms. The molecule has 0 saturated carbocycles. The van der Waals surface area contributed by atoms with Crippen LogP contribution in [0.4, 0.5) is 5.82 Å². The van der Waals surface area contributed by atoms with E-state index in [2.05, 4.69) is 15.6 Å². The van der Waals surface area contributed by atoms with Crippen molar-refractivity contribution in [3.8, 4) is 0 Å². The van der Waals surface area contributed by atoms with Crippen molar-refractivity contribution in [3.63, 3.8) is 0 Å². The molecule has 2 heterocycles. The molecule has 3 aromatic rings. The first-order chi connectivity index (χ1) is 15.6. The fourth-order valence-corrected chi connectivity index (χ4v) is 3.98. The van der Waals surface area contributed by atoms with Gasteiger partial charge in [0.25, 0.3) is 5.91 Å². The molecule has 9 nitrogen and oxygen atoms in total. The summed E-state index contributed by atoms with van der Waals surface area (Å²) in [5.41, 5.74) is 0.396. The lowest BCUT2D eigenvalue weighted by molar-refractivity contribution is -0.139. The van der Waals surface area contributed by atoms with Crippen LogP contribution in [0.5, 0.6) is 0 Å². The van der Waals surface area contributed by atoms with E-state index in [1.54, 1.807) is 19.1 Å². The van der Waals surface area contributed by atoms with Gasteiger partial charge in [0.1, 0.15) is 11.7 Å². The number of nitrogens with zero attached hydrogens (tertiary/aromatic N) is 2. The third kappa shape index (κ3) is 5.05. The number of nitrogens with one attached hydrogen (secondary N) is 2. The molecule has 1 unspecified atom stereocenters. The summed E-state index contributed by atoms with van der Waals surface area (Å²) in [6.07, 6.45) is 2.93. The smallest absolute Gasteiger partial charge is 0.315 e. The van der Waals surface area contributed by atoms with Gasteiger partial charge >= 0.3 is 5.97 Å². The lowest BCUT2D eigenvalue weighted by Gasteiger charge is -2.14. The van der Waals surface area contributed by atoms with Crippen molar-refractivity contribution in [1.29, 1.82) is 0 Å². The number of rotatable bonds is 8. The lowest BCUT2D eigenvalue weighted by atomic mass is 9.96. The molecule has 33 heavy (non-hydrogen) atoms. The van der Waals surface area contributed by atoms with Gasteiger partial charge in [-0.2, -0.15) is 0 Å². The van der Waals surface area contributed by atoms with Crippen molar-refractivity contribution in [2.45, 2.75) is 13.8 Å². The van der Waals surface area contributed by atoms with E-state index < -0.39 is 23.6 Å². The van der Waals surface area contributed by atoms with Crippen molar-refractivity contribution in [2.75, 3.05) is 18.4 Å². The Hall–Kier alpha value is -3.27. The Morgan fingerprint density at radius 3 is 2.39 bits per heavy atom. The zero-order valence-corrected chi connectivity index (χ0v) is 19.2. The van der Waals surface area contributed by atoms with Crippen LogP contribution < -0.4 is 10.6 Å². The van der Waals surface area contributed by atoms with E-state index in [-0.39, 0.29) is 33.6 Å². The SMILES string of the molecule is CCNCC(C(=O)O)C(=O)c1cc(Cl)c(C(=O)n2ccc3c(NC(C)=O)nccc32)c(Cl)c1. The predicted octanol–water partition coefficient (Wildman–Crippen LogP) is 3.48. The minimum Gasteiger partial charge on any atom is -0.481 e. The van der Waals surface area contributed by atoms with Gasteiger partial charge in [-0.25, -0.2) is 4.98 Å². The maximum Gasteiger partial charge on any atom is 0.315 e. The molecule has 1 amide bonds. The topological polar surface area (TPSA) is 130 Å². The van der Waals surface area contributed by atoms with Crippen LogP contribution in [0, 0.1) is 5.92 Å². The number of Topliss-reactive ketones (excluding diaryl/α,β-unsaturated/α-hetero) is 1. The number of ketones is 1. The summed E-state index contributed by atoms with van der Waals surface area (Å²) in [6, 6.07) is 5.68. The third-order valence-corrected chi connectivity index (χ3v) is 5.48. The first-order valence-electron chi connectivity index (χ1n) is 9.90. The van der Waals surface area contributed by atoms with Crippen LogP contribution in [-0.2, 0) is 9.59 Å². The fourth-order valence-electron chi connectivity index (χ4n) is 3.33. The van der Waals surface area contributed by atoms with Gasteiger partial charge in [0.15, 0.2) is 5.78 Å². The van der Waals surface area contributed by atoms with Crippen LogP contribution in [0.25, 0.3) is 10.9 Å². The van der Waals surface area contributed by atoms with E-state index in [9.17, 15) is 24.3 Å². The molecule has 0 saturated heterocycles. The van der Waals surface area contributed by atoms with Crippen LogP contribution in [-0.4, -0.2) is 51.3 Å². The van der Waals surface area contributed by atoms with E-state index in [1.807, 2.05) is 0 Å². The molecule has 0 fully saturated rings. The van der Waals surface area contributed by atoms with Gasteiger partial charge in [0, 0.05) is 36.8 Å². The zero-order valence-electron chi connectivity index (χ0n) is 17.7. The first-order valence-corrected chi connectivity index (χ1v) is 10.7. The molecule has 0 aliphatic carbocycles. The van der Waals surface area contributed by atoms with E-state index in [4.69, 9.17) is 23.2 Å². The van der Waals surface area contributed by atoms with Gasteiger partial charge in [-0.1, -0.05) is 30.1 Å². The largest absolute Gasteiger partial charge is 0.481 e. The maximum atomic E-state index is 13.3. The van der Waals surface area contributed by atoms with Crippen LogP contribution in [0.1, 0.15) is 34.6 Å². The summed E-state index contributed by atoms with van der Waals surface area (Å²) < 4.78 is 1.29. The highest BCUT2D eigenvalue weighted by Gasteiger charge is 2.29. The Bertz CT molecular complexity index is 1250. The Morgan fingerprint density at radius 1 is 1.15 bits per heavy atom. The number of halogens is 2. The van der Waals surface area contributed by atoms with Crippen LogP contribution >= 0.6 is 23.2 Å². The molecule has 1 aromatic carbocycles. The number of carboxylic acid groups (broad SMARTS) is 1. The number of carbonyl (C=O) groups is 4. The number of hydrogen-bond acceptors (Lipinski definition) is 6. The standard InChI is InChI=1S/C22H20Cl2N4O5/c1-3-25-10-14(22(32)33)19(30)12-8-15(23)18(16(24)9-12)21(31)28-7-5-13-17(28)4-6-26-20(13)27-11(2)29/h4-9,14,25H,3,10H2,1-2H3,(H,32,33)(H,26,27,29). The first kappa shape index (κ1) is 24.4. The van der Waals surface area contributed by atoms with E-state index in [1.165, 1.54) is 36.0 Å². The Kier molecular flexibility index (Phi) is 7.47. The van der Waals surface area contributed by atoms with Crippen molar-refractivity contribution in [2.24, 2.45) is 5.92 Å². The highest BCUT2D eigenvalue weighted by Crippen LogP contribution is 2.31. The van der Waals surface area contributed by atoms with Crippen LogP contribution in [0.15, 0.2) is 36.7 Å². The number of amides is 1. The number of hydrogen-bond donors (Lipinski definition) is 3. The summed E-state index contributed by atoms with van der Waals surface area (Å²) in [6.45, 7) is 3.58. The average Bonchev–Trinajstić information content (AvgIpc) is 3.18. The summed E-state index contributed by atoms with van der Waals surface area (Å²) in [5, 5.41) is 15.2. The number of pyridine rings is 1. The van der Waals surface area contributed by atoms with Crippen molar-refractivity contribution in [3.05, 3.63) is 57.8 Å². The van der Waals surface area contributed by atoms with Crippen LogP contribution in [0.3, 0.4) is 0 Å². The Morgan fingerprint density at radius 2 is 1.82 bits per heavy atom. The number of carboxylic acids is 1. The number of anilines is 1. The quantitative estimate of drug-likeness (QED) is 0.325. The second-order valence-corrected chi connectivity index (χ2v) is 7.96. The van der Waals surface area contributed by atoms with Gasteiger partial charge in [-0.05, 0) is 30.8 Å². The highest BCUT2D eigenvalue weighted by atomic mass is 35.5. The van der Waals surface area contributed by atoms with Gasteiger partial charge in [-0.3, -0.25) is 23.7 Å². The van der Waals surface area contributed by atoms with E-state index >= 15 is 0 Å². The lowest BCUT2D eigenvalue weighted by Crippen LogP contribution is -2.34. The molecule has 1 atom stereocenters. The molecule has 3 N–H and O–H groups in total. The van der Waals surface area contributed by atoms with Crippen molar-refractivity contribution in [1.82, 2.24) is 14.9 Å². The number of benzene rings is 1. The average molecular weight is 491 g/mol. The molecule has 3 rings (SSSR count). The number of fused-ring (bicyclic) bond motifs is 1. The third-order valence-electron chi connectivity index (χ3n) is 4.88. The minimum atomic E-state index is -1.33. The van der Waals surface area contributed by atoms with Crippen LogP contribution in [0.2, 0.25) is 10.0 Å². The molecule has 11 heteroatoms. The Labute approximate surface area is 198 Å². The van der Waals surface area contributed by atoms with Crippen molar-refractivity contribution >= 4 is 63.5 Å². The summed E-state index contributed by atoms with van der Waals surface area (Å²) >= 11 is 12.7. The predicted molar refractivity (Wildman–Crippen MR) is 124 cm³/mol. The molecule has 0 radical (unpaired) electrons. The fraction of sp³-hybridized carbons (Fsp3) is 0.227. The normalized spacial score (nSPS) is 11.9. The van der Waals surface area contributed by atoms with Gasteiger partial charge in [-0.15, -0.1) is 0 Å². The molecular formula is C22H20Cl2N4O5. The summed E-state index contributed by atoms with van der Waals surface area (Å²) in [4.78, 5) is 53.0. The van der Waals surface area contributed by atoms with Gasteiger partial charge in [0.2, 0.25) is 5.91 Å². The molecule has 0 spiro atoms. The van der Waals surface area contributed by atoms with Crippen molar-refractivity contribution < 1.29 is 24.3 Å². The second-order valence-electron chi connectivity index (χ2n) is 7.14. The number of aliphatic carboxylic acids is 1.